The summed E-state index contributed by atoms with van der Waals surface area (Å²) in [6.07, 6.45) is 1.21. The summed E-state index contributed by atoms with van der Waals surface area (Å²) in [5.41, 5.74) is 1.17. The van der Waals surface area contributed by atoms with Crippen molar-refractivity contribution in [3.8, 4) is 11.5 Å². The zero-order chi connectivity index (χ0) is 13.0. The van der Waals surface area contributed by atoms with Crippen LogP contribution in [0, 0.1) is 0 Å². The van der Waals surface area contributed by atoms with Gasteiger partial charge >= 0.3 is 0 Å². The standard InChI is InChI=1S/C14H22N2O2.ClH/c1-16(12-7-8-15-9-12)10-11-5-4-6-13(17-2)14(11)18-3;/h4-6,12,15H,7-10H2,1-3H3;1H. The van der Waals surface area contributed by atoms with Crippen LogP contribution in [-0.2, 0) is 6.54 Å². The van der Waals surface area contributed by atoms with Gasteiger partial charge in [-0.05, 0) is 26.1 Å². The van der Waals surface area contributed by atoms with Gasteiger partial charge in [0.2, 0.25) is 0 Å². The first-order valence-electron chi connectivity index (χ1n) is 6.37. The van der Waals surface area contributed by atoms with Crippen LogP contribution >= 0.6 is 12.4 Å². The van der Waals surface area contributed by atoms with E-state index in [4.69, 9.17) is 9.47 Å². The molecule has 0 bridgehead atoms. The van der Waals surface area contributed by atoms with Crippen molar-refractivity contribution in [1.29, 1.82) is 0 Å². The third-order valence-electron chi connectivity index (χ3n) is 3.56. The first kappa shape index (κ1) is 16.1. The Morgan fingerprint density at radius 2 is 2.11 bits per heavy atom. The molecule has 108 valence electrons. The fourth-order valence-electron chi connectivity index (χ4n) is 2.49. The molecular formula is C14H23ClN2O2. The number of nitrogens with one attached hydrogen (secondary N) is 1. The van der Waals surface area contributed by atoms with Crippen LogP contribution in [0.1, 0.15) is 12.0 Å². The summed E-state index contributed by atoms with van der Waals surface area (Å²) in [4.78, 5) is 2.37. The number of hydrogen-bond donors (Lipinski definition) is 1. The lowest BCUT2D eigenvalue weighted by molar-refractivity contribution is 0.243. The smallest absolute Gasteiger partial charge is 0.165 e. The maximum atomic E-state index is 5.46. The van der Waals surface area contributed by atoms with Gasteiger partial charge < -0.3 is 14.8 Å². The van der Waals surface area contributed by atoms with E-state index in [0.29, 0.717) is 6.04 Å². The number of likely N-dealkylation sites (N-methyl/N-ethyl adjacent to an activating group) is 1. The molecule has 1 aromatic rings. The van der Waals surface area contributed by atoms with Crippen LogP contribution in [0.15, 0.2) is 18.2 Å². The quantitative estimate of drug-likeness (QED) is 0.897. The second-order valence-corrected chi connectivity index (χ2v) is 4.71. The van der Waals surface area contributed by atoms with Gasteiger partial charge in [-0.1, -0.05) is 12.1 Å². The predicted molar refractivity (Wildman–Crippen MR) is 79.5 cm³/mol. The molecule has 1 N–H and O–H groups in total. The largest absolute Gasteiger partial charge is 0.493 e. The van der Waals surface area contributed by atoms with E-state index in [-0.39, 0.29) is 12.4 Å². The summed E-state index contributed by atoms with van der Waals surface area (Å²) < 4.78 is 10.8. The van der Waals surface area contributed by atoms with E-state index < -0.39 is 0 Å². The SMILES string of the molecule is COc1cccc(CN(C)C2CCNC2)c1OC.Cl. The Morgan fingerprint density at radius 3 is 2.68 bits per heavy atom. The average Bonchev–Trinajstić information content (AvgIpc) is 2.92. The molecule has 19 heavy (non-hydrogen) atoms. The number of benzene rings is 1. The molecule has 1 fully saturated rings. The number of nitrogens with zero attached hydrogens (tertiary/aromatic N) is 1. The molecule has 1 atom stereocenters. The number of hydrogen-bond acceptors (Lipinski definition) is 4. The van der Waals surface area contributed by atoms with Crippen LogP contribution in [0.3, 0.4) is 0 Å². The molecule has 1 unspecified atom stereocenters. The van der Waals surface area contributed by atoms with Gasteiger partial charge in [0, 0.05) is 24.7 Å². The van der Waals surface area contributed by atoms with Gasteiger partial charge in [0.05, 0.1) is 14.2 Å². The Morgan fingerprint density at radius 1 is 1.32 bits per heavy atom. The normalized spacial score (nSPS) is 18.2. The lowest BCUT2D eigenvalue weighted by Gasteiger charge is -2.24. The molecule has 1 saturated heterocycles. The van der Waals surface area contributed by atoms with E-state index in [1.807, 2.05) is 12.1 Å². The molecule has 1 aliphatic rings. The summed E-state index contributed by atoms with van der Waals surface area (Å²) in [6, 6.07) is 6.65. The number of halogens is 1. The maximum Gasteiger partial charge on any atom is 0.165 e. The van der Waals surface area contributed by atoms with Crippen molar-refractivity contribution in [1.82, 2.24) is 10.2 Å². The van der Waals surface area contributed by atoms with Crippen LogP contribution in [-0.4, -0.2) is 45.3 Å². The highest BCUT2D eigenvalue weighted by Gasteiger charge is 2.20. The summed E-state index contributed by atoms with van der Waals surface area (Å²) in [7, 11) is 5.53. The molecule has 2 rings (SSSR count). The second kappa shape index (κ2) is 7.58. The highest BCUT2D eigenvalue weighted by atomic mass is 35.5. The Kier molecular flexibility index (Phi) is 6.42. The van der Waals surface area contributed by atoms with Gasteiger partial charge in [0.15, 0.2) is 11.5 Å². The third kappa shape index (κ3) is 3.75. The topological polar surface area (TPSA) is 33.7 Å². The fraction of sp³-hybridized carbons (Fsp3) is 0.571. The average molecular weight is 287 g/mol. The van der Waals surface area contributed by atoms with Crippen molar-refractivity contribution in [3.05, 3.63) is 23.8 Å². The van der Waals surface area contributed by atoms with Crippen molar-refractivity contribution >= 4 is 12.4 Å². The monoisotopic (exact) mass is 286 g/mol. The van der Waals surface area contributed by atoms with E-state index in [1.165, 1.54) is 12.0 Å². The zero-order valence-corrected chi connectivity index (χ0v) is 12.6. The molecule has 0 aliphatic carbocycles. The van der Waals surface area contributed by atoms with Gasteiger partial charge in [-0.15, -0.1) is 12.4 Å². The van der Waals surface area contributed by atoms with Gasteiger partial charge in [-0.2, -0.15) is 0 Å². The minimum absolute atomic E-state index is 0. The van der Waals surface area contributed by atoms with Gasteiger partial charge in [-0.3, -0.25) is 4.90 Å². The van der Waals surface area contributed by atoms with Gasteiger partial charge in [-0.25, -0.2) is 0 Å². The molecular weight excluding hydrogens is 264 g/mol. The van der Waals surface area contributed by atoms with Crippen LogP contribution in [0.2, 0.25) is 0 Å². The molecule has 0 amide bonds. The molecule has 4 nitrogen and oxygen atoms in total. The van der Waals surface area contributed by atoms with E-state index in [0.717, 1.165) is 31.1 Å². The summed E-state index contributed by atoms with van der Waals surface area (Å²) >= 11 is 0. The number of para-hydroxylation sites is 1. The Balaban J connectivity index is 0.00000180. The Labute approximate surface area is 121 Å². The number of ether oxygens (including phenoxy) is 2. The van der Waals surface area contributed by atoms with E-state index in [1.54, 1.807) is 14.2 Å². The molecule has 1 aromatic carbocycles. The summed E-state index contributed by atoms with van der Waals surface area (Å²) in [6.45, 7) is 3.07. The van der Waals surface area contributed by atoms with E-state index in [2.05, 4.69) is 23.3 Å². The van der Waals surface area contributed by atoms with Gasteiger partial charge in [0.1, 0.15) is 0 Å². The van der Waals surface area contributed by atoms with Crippen LogP contribution in [0.4, 0.5) is 0 Å². The van der Waals surface area contributed by atoms with Crippen LogP contribution in [0.5, 0.6) is 11.5 Å². The van der Waals surface area contributed by atoms with Crippen LogP contribution < -0.4 is 14.8 Å². The lowest BCUT2D eigenvalue weighted by Crippen LogP contribution is -2.32. The van der Waals surface area contributed by atoms with Crippen molar-refractivity contribution in [3.63, 3.8) is 0 Å². The number of methoxy groups -OCH3 is 2. The Bertz CT molecular complexity index is 395. The molecule has 1 heterocycles. The molecule has 0 aromatic heterocycles. The zero-order valence-electron chi connectivity index (χ0n) is 11.8. The minimum atomic E-state index is 0. The second-order valence-electron chi connectivity index (χ2n) is 4.71. The molecule has 0 radical (unpaired) electrons. The van der Waals surface area contributed by atoms with Crippen LogP contribution in [0.25, 0.3) is 0 Å². The highest BCUT2D eigenvalue weighted by Crippen LogP contribution is 2.31. The molecule has 5 heteroatoms. The van der Waals surface area contributed by atoms with Crippen molar-refractivity contribution in [2.24, 2.45) is 0 Å². The molecule has 0 spiro atoms. The van der Waals surface area contributed by atoms with Crippen molar-refractivity contribution in [2.75, 3.05) is 34.4 Å². The molecule has 1 aliphatic heterocycles. The first-order chi connectivity index (χ1) is 8.76. The predicted octanol–water partition coefficient (Wildman–Crippen LogP) is 1.92. The number of rotatable bonds is 5. The van der Waals surface area contributed by atoms with Gasteiger partial charge in [0.25, 0.3) is 0 Å². The maximum absolute atomic E-state index is 5.46. The third-order valence-corrected chi connectivity index (χ3v) is 3.56. The minimum Gasteiger partial charge on any atom is -0.493 e. The highest BCUT2D eigenvalue weighted by molar-refractivity contribution is 5.85. The van der Waals surface area contributed by atoms with Crippen molar-refractivity contribution < 1.29 is 9.47 Å². The van der Waals surface area contributed by atoms with E-state index >= 15 is 0 Å². The summed E-state index contributed by atoms with van der Waals surface area (Å²) in [5.74, 6) is 1.64. The summed E-state index contributed by atoms with van der Waals surface area (Å²) in [5, 5.41) is 3.39. The first-order valence-corrected chi connectivity index (χ1v) is 6.37. The van der Waals surface area contributed by atoms with Crippen molar-refractivity contribution in [2.45, 2.75) is 19.0 Å². The van der Waals surface area contributed by atoms with E-state index in [9.17, 15) is 0 Å². The molecule has 0 saturated carbocycles. The fourth-order valence-corrected chi connectivity index (χ4v) is 2.49. The Hall–Kier alpha value is -0.970. The lowest BCUT2D eigenvalue weighted by atomic mass is 10.1.